The Morgan fingerprint density at radius 1 is 0.939 bits per heavy atom. The molecule has 0 saturated carbocycles. The molecule has 1 aliphatic heterocycles. The van der Waals surface area contributed by atoms with Crippen molar-refractivity contribution in [1.29, 1.82) is 0 Å². The lowest BCUT2D eigenvalue weighted by atomic mass is 9.99. The number of rotatable bonds is 7. The van der Waals surface area contributed by atoms with Crippen LogP contribution in [-0.4, -0.2) is 38.8 Å². The van der Waals surface area contributed by atoms with E-state index in [0.29, 0.717) is 30.8 Å². The Balaban J connectivity index is 1.60. The zero-order valence-corrected chi connectivity index (χ0v) is 19.5. The minimum absolute atomic E-state index is 0.0715. The van der Waals surface area contributed by atoms with E-state index < -0.39 is 10.0 Å². The maximum Gasteiger partial charge on any atom is 0.255 e. The number of carbonyl (C=O) groups is 1. The zero-order valence-electron chi connectivity index (χ0n) is 18.7. The van der Waals surface area contributed by atoms with Crippen molar-refractivity contribution in [1.82, 2.24) is 4.31 Å². The lowest BCUT2D eigenvalue weighted by Crippen LogP contribution is -2.35. The molecule has 7 heteroatoms. The third kappa shape index (κ3) is 5.26. The second-order valence-electron chi connectivity index (χ2n) is 8.10. The number of hydrogen-bond acceptors (Lipinski definition) is 4. The van der Waals surface area contributed by atoms with Crippen molar-refractivity contribution in [2.75, 3.05) is 25.5 Å². The molecule has 1 fully saturated rings. The van der Waals surface area contributed by atoms with Gasteiger partial charge in [0.25, 0.3) is 5.91 Å². The third-order valence-corrected chi connectivity index (χ3v) is 7.77. The van der Waals surface area contributed by atoms with E-state index >= 15 is 0 Å². The van der Waals surface area contributed by atoms with Gasteiger partial charge in [-0.05, 0) is 54.7 Å². The van der Waals surface area contributed by atoms with Crippen LogP contribution in [0.15, 0.2) is 77.7 Å². The number of nitrogens with zero attached hydrogens (tertiary/aromatic N) is 1. The second kappa shape index (κ2) is 10.2. The molecule has 1 saturated heterocycles. The van der Waals surface area contributed by atoms with Gasteiger partial charge in [-0.15, -0.1) is 0 Å². The molecule has 0 unspecified atom stereocenters. The van der Waals surface area contributed by atoms with Crippen LogP contribution in [0.5, 0.6) is 5.75 Å². The SMILES string of the molecule is COc1ccc(NC(=O)c2ccccc2Cc2ccccc2)cc1S(=O)(=O)N1CCCCC1. The fraction of sp³-hybridized carbons (Fsp3) is 0.269. The molecule has 0 spiro atoms. The minimum atomic E-state index is -3.72. The van der Waals surface area contributed by atoms with Crippen molar-refractivity contribution in [3.63, 3.8) is 0 Å². The van der Waals surface area contributed by atoms with Gasteiger partial charge in [0.2, 0.25) is 10.0 Å². The van der Waals surface area contributed by atoms with Gasteiger partial charge in [0.1, 0.15) is 10.6 Å². The van der Waals surface area contributed by atoms with E-state index in [1.54, 1.807) is 18.2 Å². The largest absolute Gasteiger partial charge is 0.495 e. The van der Waals surface area contributed by atoms with E-state index in [-0.39, 0.29) is 16.6 Å². The van der Waals surface area contributed by atoms with Gasteiger partial charge < -0.3 is 10.1 Å². The van der Waals surface area contributed by atoms with Crippen LogP contribution >= 0.6 is 0 Å². The zero-order chi connectivity index (χ0) is 23.3. The molecule has 1 amide bonds. The Bertz CT molecular complexity index is 1220. The Labute approximate surface area is 195 Å². The van der Waals surface area contributed by atoms with Crippen molar-refractivity contribution in [3.05, 3.63) is 89.5 Å². The predicted molar refractivity (Wildman–Crippen MR) is 129 cm³/mol. The van der Waals surface area contributed by atoms with Crippen molar-refractivity contribution in [3.8, 4) is 5.75 Å². The first-order chi connectivity index (χ1) is 16.0. The summed E-state index contributed by atoms with van der Waals surface area (Å²) in [6.07, 6.45) is 3.34. The first-order valence-electron chi connectivity index (χ1n) is 11.1. The Morgan fingerprint density at radius 3 is 2.36 bits per heavy atom. The van der Waals surface area contributed by atoms with Crippen molar-refractivity contribution < 1.29 is 17.9 Å². The van der Waals surface area contributed by atoms with Crippen molar-refractivity contribution in [2.45, 2.75) is 30.6 Å². The van der Waals surface area contributed by atoms with Crippen LogP contribution in [0.25, 0.3) is 0 Å². The highest BCUT2D eigenvalue weighted by atomic mass is 32.2. The fourth-order valence-corrected chi connectivity index (χ4v) is 5.81. The molecule has 6 nitrogen and oxygen atoms in total. The normalized spacial score (nSPS) is 14.6. The van der Waals surface area contributed by atoms with E-state index in [4.69, 9.17) is 4.74 Å². The summed E-state index contributed by atoms with van der Waals surface area (Å²) >= 11 is 0. The standard InChI is InChI=1S/C26H28N2O4S/c1-32-24-15-14-22(19-25(24)33(30,31)28-16-8-3-9-17-28)27-26(29)23-13-7-6-12-21(23)18-20-10-4-2-5-11-20/h2,4-7,10-15,19H,3,8-9,16-18H2,1H3,(H,27,29). The molecule has 3 aromatic rings. The molecule has 0 aliphatic carbocycles. The molecule has 0 radical (unpaired) electrons. The summed E-state index contributed by atoms with van der Waals surface area (Å²) in [5.74, 6) is -0.0175. The summed E-state index contributed by atoms with van der Waals surface area (Å²) in [7, 11) is -2.27. The number of hydrogen-bond donors (Lipinski definition) is 1. The van der Waals surface area contributed by atoms with Crippen molar-refractivity contribution in [2.24, 2.45) is 0 Å². The molecule has 1 N–H and O–H groups in total. The lowest BCUT2D eigenvalue weighted by molar-refractivity contribution is 0.102. The number of carbonyl (C=O) groups excluding carboxylic acids is 1. The molecule has 3 aromatic carbocycles. The van der Waals surface area contributed by atoms with E-state index in [1.807, 2.05) is 48.5 Å². The number of ether oxygens (including phenoxy) is 1. The summed E-state index contributed by atoms with van der Waals surface area (Å²) < 4.78 is 33.4. The van der Waals surface area contributed by atoms with E-state index in [0.717, 1.165) is 30.4 Å². The molecule has 1 aliphatic rings. The highest BCUT2D eigenvalue weighted by Gasteiger charge is 2.29. The van der Waals surface area contributed by atoms with Gasteiger partial charge in [-0.25, -0.2) is 8.42 Å². The Hall–Kier alpha value is -3.16. The summed E-state index contributed by atoms with van der Waals surface area (Å²) in [4.78, 5) is 13.2. The molecule has 0 aromatic heterocycles. The lowest BCUT2D eigenvalue weighted by Gasteiger charge is -2.26. The van der Waals surface area contributed by atoms with Gasteiger partial charge in [-0.3, -0.25) is 4.79 Å². The fourth-order valence-electron chi connectivity index (χ4n) is 4.11. The molecule has 0 bridgehead atoms. The first kappa shape index (κ1) is 23.0. The van der Waals surface area contributed by atoms with E-state index in [2.05, 4.69) is 5.32 Å². The number of methoxy groups -OCH3 is 1. The molecular formula is C26H28N2O4S. The average Bonchev–Trinajstić information content (AvgIpc) is 2.85. The predicted octanol–water partition coefficient (Wildman–Crippen LogP) is 4.71. The summed E-state index contributed by atoms with van der Waals surface area (Å²) in [5.41, 5.74) is 2.97. The van der Waals surface area contributed by atoms with Crippen LogP contribution in [0, 0.1) is 0 Å². The molecular weight excluding hydrogens is 436 g/mol. The van der Waals surface area contributed by atoms with E-state index in [1.165, 1.54) is 17.5 Å². The van der Waals surface area contributed by atoms with Gasteiger partial charge in [0.15, 0.2) is 0 Å². The average molecular weight is 465 g/mol. The molecule has 4 rings (SSSR count). The van der Waals surface area contributed by atoms with Crippen LogP contribution in [-0.2, 0) is 16.4 Å². The minimum Gasteiger partial charge on any atom is -0.495 e. The molecule has 0 atom stereocenters. The molecule has 172 valence electrons. The number of amides is 1. The van der Waals surface area contributed by atoms with Crippen LogP contribution in [0.3, 0.4) is 0 Å². The number of benzene rings is 3. The topological polar surface area (TPSA) is 75.7 Å². The summed E-state index contributed by atoms with van der Waals surface area (Å²) in [6.45, 7) is 0.990. The van der Waals surface area contributed by atoms with Crippen LogP contribution in [0.4, 0.5) is 5.69 Å². The first-order valence-corrected chi connectivity index (χ1v) is 12.5. The van der Waals surface area contributed by atoms with Crippen LogP contribution in [0.1, 0.15) is 40.7 Å². The molecule has 1 heterocycles. The smallest absolute Gasteiger partial charge is 0.255 e. The highest BCUT2D eigenvalue weighted by Crippen LogP contribution is 2.31. The van der Waals surface area contributed by atoms with Crippen LogP contribution < -0.4 is 10.1 Å². The molecule has 33 heavy (non-hydrogen) atoms. The summed E-state index contributed by atoms with van der Waals surface area (Å²) in [5, 5.41) is 2.87. The van der Waals surface area contributed by atoms with E-state index in [9.17, 15) is 13.2 Å². The highest BCUT2D eigenvalue weighted by molar-refractivity contribution is 7.89. The third-order valence-electron chi connectivity index (χ3n) is 5.85. The summed E-state index contributed by atoms with van der Waals surface area (Å²) in [6, 6.07) is 22.1. The quantitative estimate of drug-likeness (QED) is 0.549. The van der Waals surface area contributed by atoms with Gasteiger partial charge in [-0.2, -0.15) is 4.31 Å². The maximum absolute atomic E-state index is 13.3. The Morgan fingerprint density at radius 2 is 1.64 bits per heavy atom. The maximum atomic E-state index is 13.3. The van der Waals surface area contributed by atoms with Gasteiger partial charge in [0, 0.05) is 24.3 Å². The van der Waals surface area contributed by atoms with Crippen LogP contribution in [0.2, 0.25) is 0 Å². The van der Waals surface area contributed by atoms with Gasteiger partial charge in [0.05, 0.1) is 7.11 Å². The number of piperidine rings is 1. The number of sulfonamides is 1. The van der Waals surface area contributed by atoms with Gasteiger partial charge in [-0.1, -0.05) is 55.0 Å². The monoisotopic (exact) mass is 464 g/mol. The van der Waals surface area contributed by atoms with Gasteiger partial charge >= 0.3 is 0 Å². The number of nitrogens with one attached hydrogen (secondary N) is 1. The second-order valence-corrected chi connectivity index (χ2v) is 10.0. The van der Waals surface area contributed by atoms with Crippen molar-refractivity contribution >= 4 is 21.6 Å². The number of anilines is 1. The Kier molecular flexibility index (Phi) is 7.11.